The fraction of sp³-hybridized carbons (Fsp3) is 0.286. The first-order valence-corrected chi connectivity index (χ1v) is 9.11. The molecule has 4 rings (SSSR count). The van der Waals surface area contributed by atoms with Gasteiger partial charge in [-0.2, -0.15) is 8.78 Å². The molecule has 0 bridgehead atoms. The largest absolute Gasteiger partial charge is 0.435 e. The minimum absolute atomic E-state index is 0.0124. The SMILES string of the molecule is CC1CN(c2ccc3cc(-c4cccc(OC(F)F)c4)oc(=O)c3c2)CCN1. The summed E-state index contributed by atoms with van der Waals surface area (Å²) in [6, 6.07) is 13.9. The summed E-state index contributed by atoms with van der Waals surface area (Å²) >= 11 is 0. The molecule has 0 spiro atoms. The van der Waals surface area contributed by atoms with Gasteiger partial charge < -0.3 is 19.4 Å². The van der Waals surface area contributed by atoms with Crippen molar-refractivity contribution in [1.82, 2.24) is 5.32 Å². The van der Waals surface area contributed by atoms with Crippen LogP contribution in [0, 0.1) is 0 Å². The van der Waals surface area contributed by atoms with Crippen molar-refractivity contribution in [2.45, 2.75) is 19.6 Å². The second-order valence-corrected chi connectivity index (χ2v) is 6.88. The zero-order valence-electron chi connectivity index (χ0n) is 15.3. The third-order valence-corrected chi connectivity index (χ3v) is 4.82. The molecule has 2 heterocycles. The van der Waals surface area contributed by atoms with Crippen LogP contribution in [0.2, 0.25) is 0 Å². The van der Waals surface area contributed by atoms with E-state index in [0.717, 1.165) is 30.7 Å². The van der Waals surface area contributed by atoms with Gasteiger partial charge in [0.05, 0.1) is 5.39 Å². The zero-order valence-corrected chi connectivity index (χ0v) is 15.3. The molecule has 28 heavy (non-hydrogen) atoms. The number of nitrogens with zero attached hydrogens (tertiary/aromatic N) is 1. The molecule has 1 fully saturated rings. The maximum atomic E-state index is 12.6. The molecule has 0 radical (unpaired) electrons. The molecule has 7 heteroatoms. The number of hydrogen-bond donors (Lipinski definition) is 1. The number of ether oxygens (including phenoxy) is 1. The number of hydrogen-bond acceptors (Lipinski definition) is 5. The number of halogens is 2. The van der Waals surface area contributed by atoms with Gasteiger partial charge in [0.25, 0.3) is 0 Å². The Bertz CT molecular complexity index is 1050. The Hall–Kier alpha value is -2.93. The monoisotopic (exact) mass is 386 g/mol. The van der Waals surface area contributed by atoms with Crippen LogP contribution in [-0.2, 0) is 0 Å². The standard InChI is InChI=1S/C21H20F2N2O3/c1-13-12-25(8-7-24-13)16-6-5-14-10-19(28-20(26)18(14)11-16)15-3-2-4-17(9-15)27-21(22)23/h2-6,9-11,13,21,24H,7-8,12H2,1H3. The van der Waals surface area contributed by atoms with Gasteiger partial charge in [-0.25, -0.2) is 4.79 Å². The van der Waals surface area contributed by atoms with E-state index in [9.17, 15) is 13.6 Å². The molecular formula is C21H20F2N2O3. The molecule has 0 aliphatic carbocycles. The second-order valence-electron chi connectivity index (χ2n) is 6.88. The van der Waals surface area contributed by atoms with Gasteiger partial charge in [-0.15, -0.1) is 0 Å². The Kier molecular flexibility index (Phi) is 5.00. The molecule has 1 atom stereocenters. The molecule has 1 N–H and O–H groups in total. The van der Waals surface area contributed by atoms with Crippen LogP contribution in [0.25, 0.3) is 22.1 Å². The molecule has 1 aliphatic heterocycles. The first-order chi connectivity index (χ1) is 13.5. The van der Waals surface area contributed by atoms with Gasteiger partial charge in [-0.05, 0) is 42.6 Å². The lowest BCUT2D eigenvalue weighted by Crippen LogP contribution is -2.49. The summed E-state index contributed by atoms with van der Waals surface area (Å²) in [6.07, 6.45) is 0. The Balaban J connectivity index is 1.69. The number of alkyl halides is 2. The fourth-order valence-electron chi connectivity index (χ4n) is 3.50. The summed E-state index contributed by atoms with van der Waals surface area (Å²) in [5, 5.41) is 4.62. The molecule has 0 amide bonds. The molecular weight excluding hydrogens is 366 g/mol. The minimum Gasteiger partial charge on any atom is -0.435 e. The smallest absolute Gasteiger partial charge is 0.387 e. The highest BCUT2D eigenvalue weighted by Gasteiger charge is 2.17. The van der Waals surface area contributed by atoms with Gasteiger partial charge in [0.1, 0.15) is 11.5 Å². The van der Waals surface area contributed by atoms with Crippen LogP contribution >= 0.6 is 0 Å². The second kappa shape index (κ2) is 7.59. The average molecular weight is 386 g/mol. The number of rotatable bonds is 4. The quantitative estimate of drug-likeness (QED) is 0.738. The third kappa shape index (κ3) is 3.84. The summed E-state index contributed by atoms with van der Waals surface area (Å²) in [5.41, 5.74) is 1.02. The molecule has 1 aromatic heterocycles. The lowest BCUT2D eigenvalue weighted by atomic mass is 10.1. The average Bonchev–Trinajstić information content (AvgIpc) is 2.67. The van der Waals surface area contributed by atoms with E-state index in [1.165, 1.54) is 12.1 Å². The maximum absolute atomic E-state index is 12.6. The van der Waals surface area contributed by atoms with Gasteiger partial charge in [-0.3, -0.25) is 0 Å². The van der Waals surface area contributed by atoms with Crippen LogP contribution in [0.5, 0.6) is 5.75 Å². The number of benzene rings is 2. The third-order valence-electron chi connectivity index (χ3n) is 4.82. The molecule has 1 saturated heterocycles. The maximum Gasteiger partial charge on any atom is 0.387 e. The topological polar surface area (TPSA) is 54.7 Å². The van der Waals surface area contributed by atoms with E-state index in [1.54, 1.807) is 18.2 Å². The van der Waals surface area contributed by atoms with Crippen molar-refractivity contribution < 1.29 is 17.9 Å². The predicted molar refractivity (Wildman–Crippen MR) is 104 cm³/mol. The Morgan fingerprint density at radius 3 is 2.86 bits per heavy atom. The Morgan fingerprint density at radius 2 is 2.07 bits per heavy atom. The lowest BCUT2D eigenvalue weighted by molar-refractivity contribution is -0.0498. The first-order valence-electron chi connectivity index (χ1n) is 9.11. The van der Waals surface area contributed by atoms with E-state index in [0.29, 0.717) is 22.8 Å². The van der Waals surface area contributed by atoms with E-state index >= 15 is 0 Å². The summed E-state index contributed by atoms with van der Waals surface area (Å²) in [7, 11) is 0. The molecule has 5 nitrogen and oxygen atoms in total. The number of piperazine rings is 1. The van der Waals surface area contributed by atoms with E-state index in [2.05, 4.69) is 21.9 Å². The molecule has 1 unspecified atom stereocenters. The van der Waals surface area contributed by atoms with E-state index in [4.69, 9.17) is 4.42 Å². The van der Waals surface area contributed by atoms with Crippen molar-refractivity contribution in [1.29, 1.82) is 0 Å². The fourth-order valence-corrected chi connectivity index (χ4v) is 3.50. The zero-order chi connectivity index (χ0) is 19.7. The Labute approximate surface area is 160 Å². The van der Waals surface area contributed by atoms with Crippen LogP contribution in [0.4, 0.5) is 14.5 Å². The van der Waals surface area contributed by atoms with Crippen LogP contribution in [0.3, 0.4) is 0 Å². The van der Waals surface area contributed by atoms with Crippen molar-refractivity contribution >= 4 is 16.5 Å². The molecule has 146 valence electrons. The highest BCUT2D eigenvalue weighted by molar-refractivity contribution is 5.87. The summed E-state index contributed by atoms with van der Waals surface area (Å²) in [4.78, 5) is 14.8. The minimum atomic E-state index is -2.91. The number of fused-ring (bicyclic) bond motifs is 1. The molecule has 2 aromatic carbocycles. The van der Waals surface area contributed by atoms with Crippen LogP contribution in [0.15, 0.2) is 57.7 Å². The molecule has 1 aliphatic rings. The van der Waals surface area contributed by atoms with Gasteiger partial charge in [0.15, 0.2) is 0 Å². The molecule has 0 saturated carbocycles. The van der Waals surface area contributed by atoms with Crippen LogP contribution < -0.4 is 20.6 Å². The van der Waals surface area contributed by atoms with Crippen molar-refractivity contribution in [3.05, 3.63) is 59.0 Å². The number of nitrogens with one attached hydrogen (secondary N) is 1. The van der Waals surface area contributed by atoms with E-state index in [-0.39, 0.29) is 5.75 Å². The van der Waals surface area contributed by atoms with E-state index < -0.39 is 12.2 Å². The normalized spacial score (nSPS) is 17.3. The summed E-state index contributed by atoms with van der Waals surface area (Å²) < 4.78 is 34.8. The van der Waals surface area contributed by atoms with Gasteiger partial charge in [0.2, 0.25) is 0 Å². The van der Waals surface area contributed by atoms with Gasteiger partial charge >= 0.3 is 12.2 Å². The highest BCUT2D eigenvalue weighted by atomic mass is 19.3. The predicted octanol–water partition coefficient (Wildman–Crippen LogP) is 3.86. The van der Waals surface area contributed by atoms with E-state index in [1.807, 2.05) is 18.2 Å². The van der Waals surface area contributed by atoms with Gasteiger partial charge in [0, 0.05) is 36.9 Å². The van der Waals surface area contributed by atoms with Crippen molar-refractivity contribution in [3.63, 3.8) is 0 Å². The van der Waals surface area contributed by atoms with Crippen molar-refractivity contribution in [2.75, 3.05) is 24.5 Å². The first kappa shape index (κ1) is 18.4. The summed E-state index contributed by atoms with van der Waals surface area (Å²) in [5.74, 6) is 0.319. The van der Waals surface area contributed by atoms with Crippen LogP contribution in [-0.4, -0.2) is 32.3 Å². The van der Waals surface area contributed by atoms with Crippen molar-refractivity contribution in [2.24, 2.45) is 0 Å². The van der Waals surface area contributed by atoms with Crippen LogP contribution in [0.1, 0.15) is 6.92 Å². The van der Waals surface area contributed by atoms with Gasteiger partial charge in [-0.1, -0.05) is 18.2 Å². The van der Waals surface area contributed by atoms with Crippen molar-refractivity contribution in [3.8, 4) is 17.1 Å². The highest BCUT2D eigenvalue weighted by Crippen LogP contribution is 2.28. The number of anilines is 1. The lowest BCUT2D eigenvalue weighted by Gasteiger charge is -2.33. The summed E-state index contributed by atoms with van der Waals surface area (Å²) in [6.45, 7) is 1.84. The molecule has 3 aromatic rings. The Morgan fingerprint density at radius 1 is 1.21 bits per heavy atom.